The van der Waals surface area contributed by atoms with Crippen LogP contribution < -0.4 is 10.9 Å². The number of nitrogens with one attached hydrogen (secondary N) is 1. The summed E-state index contributed by atoms with van der Waals surface area (Å²) in [5, 5.41) is 3.26. The molecule has 1 N–H and O–H groups in total. The monoisotopic (exact) mass is 388 g/mol. The topological polar surface area (TPSA) is 66.7 Å². The summed E-state index contributed by atoms with van der Waals surface area (Å²) in [6, 6.07) is 5.40. The Morgan fingerprint density at radius 1 is 1.31 bits per heavy atom. The van der Waals surface area contributed by atoms with Crippen molar-refractivity contribution < 1.29 is 4.79 Å². The van der Waals surface area contributed by atoms with Crippen LogP contribution in [0.1, 0.15) is 31.7 Å². The highest BCUT2D eigenvalue weighted by molar-refractivity contribution is 8.26. The van der Waals surface area contributed by atoms with Gasteiger partial charge in [-0.3, -0.25) is 18.9 Å². The van der Waals surface area contributed by atoms with Crippen LogP contribution >= 0.6 is 24.0 Å². The van der Waals surface area contributed by atoms with Gasteiger partial charge in [0.25, 0.3) is 11.5 Å². The summed E-state index contributed by atoms with van der Waals surface area (Å²) in [5.74, 6) is 0.299. The van der Waals surface area contributed by atoms with Gasteiger partial charge in [0.2, 0.25) is 0 Å². The van der Waals surface area contributed by atoms with Crippen LogP contribution in [0.4, 0.5) is 5.82 Å². The highest BCUT2D eigenvalue weighted by Crippen LogP contribution is 2.31. The molecule has 0 aliphatic carbocycles. The summed E-state index contributed by atoms with van der Waals surface area (Å²) in [6.07, 6.45) is 6.47. The Balaban J connectivity index is 2.06. The standard InChI is InChI=1S/C18H20N4O2S2/c1-3-4-6-9-19-15-12(11-13-17(24)21(2)18(25)26-13)16(23)22-10-7-5-8-14(22)20-15/h5,7-8,10-11,19H,3-4,6,9H2,1-2H3/b13-11+. The number of thiocarbonyl (C=S) groups is 1. The van der Waals surface area contributed by atoms with E-state index in [9.17, 15) is 9.59 Å². The lowest BCUT2D eigenvalue weighted by Gasteiger charge is -2.11. The van der Waals surface area contributed by atoms with E-state index in [-0.39, 0.29) is 11.5 Å². The molecule has 0 atom stereocenters. The molecule has 6 nitrogen and oxygen atoms in total. The van der Waals surface area contributed by atoms with E-state index in [0.717, 1.165) is 25.8 Å². The van der Waals surface area contributed by atoms with Gasteiger partial charge < -0.3 is 5.32 Å². The number of aromatic nitrogens is 2. The molecule has 0 bridgehead atoms. The van der Waals surface area contributed by atoms with Crippen LogP contribution in [-0.2, 0) is 4.79 Å². The van der Waals surface area contributed by atoms with E-state index >= 15 is 0 Å². The second kappa shape index (κ2) is 8.01. The highest BCUT2D eigenvalue weighted by Gasteiger charge is 2.29. The van der Waals surface area contributed by atoms with Gasteiger partial charge in [-0.2, -0.15) is 0 Å². The molecule has 2 aromatic rings. The first-order valence-electron chi connectivity index (χ1n) is 8.49. The third-order valence-corrected chi connectivity index (χ3v) is 5.59. The van der Waals surface area contributed by atoms with Gasteiger partial charge in [-0.25, -0.2) is 4.98 Å². The van der Waals surface area contributed by atoms with E-state index in [0.29, 0.717) is 26.3 Å². The molecule has 0 aromatic carbocycles. The normalized spacial score (nSPS) is 16.1. The lowest BCUT2D eigenvalue weighted by molar-refractivity contribution is -0.121. The van der Waals surface area contributed by atoms with Gasteiger partial charge in [-0.1, -0.05) is 49.8 Å². The van der Waals surface area contributed by atoms with E-state index in [2.05, 4.69) is 17.2 Å². The number of thioether (sulfide) groups is 1. The number of anilines is 1. The third-order valence-electron chi connectivity index (χ3n) is 4.10. The molecule has 3 heterocycles. The summed E-state index contributed by atoms with van der Waals surface area (Å²) >= 11 is 6.36. The maximum atomic E-state index is 13.0. The Bertz CT molecular complexity index is 952. The number of rotatable bonds is 6. The molecule has 26 heavy (non-hydrogen) atoms. The van der Waals surface area contributed by atoms with Gasteiger partial charge in [0, 0.05) is 19.8 Å². The van der Waals surface area contributed by atoms with Gasteiger partial charge in [0.05, 0.1) is 10.5 Å². The first kappa shape index (κ1) is 18.6. The Kier molecular flexibility index (Phi) is 5.73. The predicted molar refractivity (Wildman–Crippen MR) is 110 cm³/mol. The zero-order chi connectivity index (χ0) is 18.7. The van der Waals surface area contributed by atoms with E-state index in [1.165, 1.54) is 21.1 Å². The molecule has 1 saturated heterocycles. The van der Waals surface area contributed by atoms with E-state index in [4.69, 9.17) is 12.2 Å². The van der Waals surface area contributed by atoms with Crippen LogP contribution in [-0.4, -0.2) is 38.1 Å². The summed E-state index contributed by atoms with van der Waals surface area (Å²) in [4.78, 5) is 31.7. The fourth-order valence-electron chi connectivity index (χ4n) is 2.63. The maximum Gasteiger partial charge on any atom is 0.267 e. The van der Waals surface area contributed by atoms with Crippen molar-refractivity contribution in [1.29, 1.82) is 0 Å². The Morgan fingerprint density at radius 2 is 2.12 bits per heavy atom. The number of hydrogen-bond donors (Lipinski definition) is 1. The second-order valence-corrected chi connectivity index (χ2v) is 7.66. The van der Waals surface area contributed by atoms with Crippen molar-refractivity contribution >= 4 is 51.7 Å². The zero-order valence-corrected chi connectivity index (χ0v) is 16.3. The molecule has 0 unspecified atom stereocenters. The first-order chi connectivity index (χ1) is 12.5. The van der Waals surface area contributed by atoms with Crippen molar-refractivity contribution in [2.75, 3.05) is 18.9 Å². The van der Waals surface area contributed by atoms with Crippen LogP contribution in [0, 0.1) is 0 Å². The minimum absolute atomic E-state index is 0.200. The van der Waals surface area contributed by atoms with E-state index in [1.807, 2.05) is 6.07 Å². The highest BCUT2D eigenvalue weighted by atomic mass is 32.2. The number of amides is 1. The minimum atomic E-state index is -0.213. The van der Waals surface area contributed by atoms with E-state index < -0.39 is 0 Å². The van der Waals surface area contributed by atoms with Crippen LogP contribution in [0.3, 0.4) is 0 Å². The summed E-state index contributed by atoms with van der Waals surface area (Å²) in [6.45, 7) is 2.86. The van der Waals surface area contributed by atoms with Gasteiger partial charge in [-0.15, -0.1) is 0 Å². The number of carbonyl (C=O) groups excluding carboxylic acids is 1. The Hall–Kier alpha value is -2.19. The average Bonchev–Trinajstić information content (AvgIpc) is 2.88. The summed E-state index contributed by atoms with van der Waals surface area (Å²) < 4.78 is 1.96. The quantitative estimate of drug-likeness (QED) is 0.466. The summed E-state index contributed by atoms with van der Waals surface area (Å²) in [5.41, 5.74) is 0.727. The fourth-order valence-corrected chi connectivity index (χ4v) is 3.79. The van der Waals surface area contributed by atoms with Crippen LogP contribution in [0.5, 0.6) is 0 Å². The molecule has 1 aliphatic heterocycles. The molecule has 136 valence electrons. The average molecular weight is 389 g/mol. The number of fused-ring (bicyclic) bond motifs is 1. The molecule has 1 amide bonds. The molecule has 0 spiro atoms. The molecule has 3 rings (SSSR count). The summed E-state index contributed by atoms with van der Waals surface area (Å²) in [7, 11) is 1.63. The number of pyridine rings is 1. The minimum Gasteiger partial charge on any atom is -0.369 e. The maximum absolute atomic E-state index is 13.0. The lowest BCUT2D eigenvalue weighted by Crippen LogP contribution is -2.23. The molecule has 0 saturated carbocycles. The Morgan fingerprint density at radius 3 is 2.81 bits per heavy atom. The lowest BCUT2D eigenvalue weighted by atomic mass is 10.2. The molecule has 8 heteroatoms. The molecule has 1 fully saturated rings. The van der Waals surface area contributed by atoms with Crippen molar-refractivity contribution in [2.45, 2.75) is 26.2 Å². The molecule has 2 aromatic heterocycles. The number of carbonyl (C=O) groups is 1. The van der Waals surface area contributed by atoms with Gasteiger partial charge in [0.15, 0.2) is 0 Å². The number of unbranched alkanes of at least 4 members (excludes halogenated alkanes) is 2. The van der Waals surface area contributed by atoms with Gasteiger partial charge in [0.1, 0.15) is 15.8 Å². The smallest absolute Gasteiger partial charge is 0.267 e. The van der Waals surface area contributed by atoms with Gasteiger partial charge >= 0.3 is 0 Å². The Labute approximate surface area is 161 Å². The second-order valence-electron chi connectivity index (χ2n) is 5.98. The van der Waals surface area contributed by atoms with Crippen molar-refractivity contribution in [2.24, 2.45) is 0 Å². The number of hydrogen-bond acceptors (Lipinski definition) is 6. The van der Waals surface area contributed by atoms with Crippen molar-refractivity contribution in [3.63, 3.8) is 0 Å². The fraction of sp³-hybridized carbons (Fsp3) is 0.333. The first-order valence-corrected chi connectivity index (χ1v) is 9.72. The number of nitrogens with zero attached hydrogens (tertiary/aromatic N) is 3. The SMILES string of the molecule is CCCCCNc1nc2ccccn2c(=O)c1/C=C1/SC(=S)N(C)C1=O. The predicted octanol–water partition coefficient (Wildman–Crippen LogP) is 3.13. The molecular weight excluding hydrogens is 368 g/mol. The molecular formula is C18H20N4O2S2. The largest absolute Gasteiger partial charge is 0.369 e. The third kappa shape index (κ3) is 3.66. The van der Waals surface area contributed by atoms with Gasteiger partial charge in [-0.05, 0) is 24.6 Å². The number of likely N-dealkylation sites (N-methyl/N-ethyl adjacent to an activating group) is 1. The van der Waals surface area contributed by atoms with E-state index in [1.54, 1.807) is 31.5 Å². The van der Waals surface area contributed by atoms with Crippen molar-refractivity contribution in [3.8, 4) is 0 Å². The van der Waals surface area contributed by atoms with Crippen molar-refractivity contribution in [3.05, 3.63) is 45.2 Å². The van der Waals surface area contributed by atoms with Crippen LogP contribution in [0.25, 0.3) is 11.7 Å². The van der Waals surface area contributed by atoms with Crippen molar-refractivity contribution in [1.82, 2.24) is 14.3 Å². The zero-order valence-electron chi connectivity index (χ0n) is 14.7. The molecule has 1 aliphatic rings. The van der Waals surface area contributed by atoms with Crippen LogP contribution in [0.15, 0.2) is 34.1 Å². The van der Waals surface area contributed by atoms with Crippen LogP contribution in [0.2, 0.25) is 0 Å². The molecule has 0 radical (unpaired) electrons.